The molecule has 1 heterocycles. The fraction of sp³-hybridized carbons (Fsp3) is 0.267. The van der Waals surface area contributed by atoms with E-state index < -0.39 is 17.5 Å². The smallest absolute Gasteiger partial charge is 0.201 e. The first-order valence-corrected chi connectivity index (χ1v) is 11.9. The zero-order valence-electron chi connectivity index (χ0n) is 19.8. The normalized spacial score (nSPS) is 12.4. The van der Waals surface area contributed by atoms with E-state index in [-0.39, 0.29) is 35.7 Å². The van der Waals surface area contributed by atoms with E-state index in [1.54, 1.807) is 30.3 Å². The van der Waals surface area contributed by atoms with Crippen LogP contribution < -0.4 is 4.74 Å². The van der Waals surface area contributed by atoms with Crippen LogP contribution in [0.1, 0.15) is 53.1 Å². The standard InChI is InChI=1S/C30H28F4O/c1-3-5-7-9-20-12-10-19(16-25(20)31)11-13-22-17-24-18-23-15-14-21(8-6-4-2)27(33)29(23)35-30(24)28(34)26(22)32/h3-5,10,12,14-17H,2,6-9,11,13,18H2,1H3/b5-3+. The van der Waals surface area contributed by atoms with Crippen LogP contribution >= 0.6 is 0 Å². The number of aryl methyl sites for hydroxylation is 4. The second-order valence-corrected chi connectivity index (χ2v) is 8.82. The van der Waals surface area contributed by atoms with Crippen LogP contribution in [-0.2, 0) is 32.1 Å². The van der Waals surface area contributed by atoms with Gasteiger partial charge in [0.1, 0.15) is 5.82 Å². The van der Waals surface area contributed by atoms with Gasteiger partial charge in [-0.25, -0.2) is 13.2 Å². The number of benzene rings is 3. The van der Waals surface area contributed by atoms with Crippen molar-refractivity contribution in [3.05, 3.63) is 118 Å². The zero-order valence-corrected chi connectivity index (χ0v) is 19.8. The van der Waals surface area contributed by atoms with E-state index in [2.05, 4.69) is 6.58 Å². The monoisotopic (exact) mass is 480 g/mol. The fourth-order valence-corrected chi connectivity index (χ4v) is 4.42. The van der Waals surface area contributed by atoms with Gasteiger partial charge in [0.25, 0.3) is 0 Å². The second-order valence-electron chi connectivity index (χ2n) is 8.82. The lowest BCUT2D eigenvalue weighted by atomic mass is 9.94. The molecule has 0 unspecified atom stereocenters. The van der Waals surface area contributed by atoms with Crippen molar-refractivity contribution in [2.45, 2.75) is 51.9 Å². The molecule has 1 nitrogen and oxygen atoms in total. The molecule has 0 radical (unpaired) electrons. The number of fused-ring (bicyclic) bond motifs is 2. The first-order chi connectivity index (χ1) is 16.9. The van der Waals surface area contributed by atoms with E-state index in [1.165, 1.54) is 6.07 Å². The van der Waals surface area contributed by atoms with Gasteiger partial charge in [0.2, 0.25) is 5.82 Å². The predicted molar refractivity (Wildman–Crippen MR) is 131 cm³/mol. The summed E-state index contributed by atoms with van der Waals surface area (Å²) < 4.78 is 64.8. The van der Waals surface area contributed by atoms with Crippen LogP contribution in [0.4, 0.5) is 17.6 Å². The van der Waals surface area contributed by atoms with Crippen molar-refractivity contribution in [2.75, 3.05) is 0 Å². The fourth-order valence-electron chi connectivity index (χ4n) is 4.42. The molecule has 3 aromatic carbocycles. The Kier molecular flexibility index (Phi) is 7.74. The maximum atomic E-state index is 15.0. The van der Waals surface area contributed by atoms with Gasteiger partial charge in [-0.2, -0.15) is 4.39 Å². The third kappa shape index (κ3) is 5.34. The Labute approximate surface area is 203 Å². The molecule has 0 bridgehead atoms. The van der Waals surface area contributed by atoms with Crippen LogP contribution in [0.5, 0.6) is 11.5 Å². The lowest BCUT2D eigenvalue weighted by molar-refractivity contribution is 0.377. The van der Waals surface area contributed by atoms with Gasteiger partial charge < -0.3 is 4.74 Å². The van der Waals surface area contributed by atoms with Gasteiger partial charge in [-0.1, -0.05) is 42.5 Å². The second kappa shape index (κ2) is 10.9. The number of halogens is 4. The summed E-state index contributed by atoms with van der Waals surface area (Å²) in [6.45, 7) is 5.57. The first-order valence-electron chi connectivity index (χ1n) is 11.9. The van der Waals surface area contributed by atoms with Crippen molar-refractivity contribution in [3.8, 4) is 11.5 Å². The maximum absolute atomic E-state index is 15.0. The summed E-state index contributed by atoms with van der Waals surface area (Å²) in [6.07, 6.45) is 8.83. The Morgan fingerprint density at radius 3 is 2.26 bits per heavy atom. The van der Waals surface area contributed by atoms with Crippen molar-refractivity contribution in [1.29, 1.82) is 0 Å². The van der Waals surface area contributed by atoms with Crippen LogP contribution in [-0.4, -0.2) is 0 Å². The van der Waals surface area contributed by atoms with E-state index in [9.17, 15) is 17.6 Å². The molecule has 0 fully saturated rings. The summed E-state index contributed by atoms with van der Waals surface area (Å²) in [7, 11) is 0. The Morgan fingerprint density at radius 1 is 0.771 bits per heavy atom. The summed E-state index contributed by atoms with van der Waals surface area (Å²) in [5.74, 6) is -3.28. The van der Waals surface area contributed by atoms with Crippen LogP contribution in [0.2, 0.25) is 0 Å². The van der Waals surface area contributed by atoms with Crippen molar-refractivity contribution in [1.82, 2.24) is 0 Å². The molecule has 0 spiro atoms. The highest BCUT2D eigenvalue weighted by Gasteiger charge is 2.28. The highest BCUT2D eigenvalue weighted by Crippen LogP contribution is 2.42. The highest BCUT2D eigenvalue weighted by atomic mass is 19.2. The minimum atomic E-state index is -1.12. The average molecular weight is 481 g/mol. The number of allylic oxidation sites excluding steroid dienone is 3. The van der Waals surface area contributed by atoms with Crippen molar-refractivity contribution >= 4 is 0 Å². The number of hydrogen-bond donors (Lipinski definition) is 0. The molecule has 0 aromatic heterocycles. The molecule has 0 N–H and O–H groups in total. The Morgan fingerprint density at radius 2 is 1.51 bits per heavy atom. The lowest BCUT2D eigenvalue weighted by Gasteiger charge is -2.23. The first kappa shape index (κ1) is 24.8. The minimum absolute atomic E-state index is 0.0462. The van der Waals surface area contributed by atoms with Gasteiger partial charge in [0.05, 0.1) is 0 Å². The van der Waals surface area contributed by atoms with Gasteiger partial charge in [0, 0.05) is 17.5 Å². The molecule has 3 aromatic rings. The Bertz CT molecular complexity index is 1280. The van der Waals surface area contributed by atoms with E-state index in [0.29, 0.717) is 53.5 Å². The molecule has 4 rings (SSSR count). The molecule has 1 aliphatic rings. The maximum Gasteiger partial charge on any atom is 0.201 e. The number of hydrogen-bond acceptors (Lipinski definition) is 1. The van der Waals surface area contributed by atoms with Crippen LogP contribution in [0.15, 0.2) is 61.2 Å². The topological polar surface area (TPSA) is 9.23 Å². The van der Waals surface area contributed by atoms with Gasteiger partial charge in [-0.15, -0.1) is 6.58 Å². The molecule has 0 saturated heterocycles. The van der Waals surface area contributed by atoms with E-state index in [1.807, 2.05) is 25.1 Å². The zero-order chi connectivity index (χ0) is 24.9. The molecule has 182 valence electrons. The Balaban J connectivity index is 1.52. The predicted octanol–water partition coefficient (Wildman–Crippen LogP) is 8.35. The SMILES string of the molecule is C=CCCc1ccc2c(c1F)Oc1c(cc(CCc3ccc(CC/C=C/C)c(F)c3)c(F)c1F)C2. The molecule has 1 aliphatic heterocycles. The average Bonchev–Trinajstić information content (AvgIpc) is 2.85. The lowest BCUT2D eigenvalue weighted by Crippen LogP contribution is -2.11. The number of rotatable bonds is 9. The van der Waals surface area contributed by atoms with Gasteiger partial charge in [-0.05, 0) is 79.8 Å². The van der Waals surface area contributed by atoms with E-state index in [0.717, 1.165) is 6.42 Å². The summed E-state index contributed by atoms with van der Waals surface area (Å²) >= 11 is 0. The summed E-state index contributed by atoms with van der Waals surface area (Å²) in [6, 6.07) is 10.1. The molecule has 5 heteroatoms. The van der Waals surface area contributed by atoms with Crippen LogP contribution in [0.3, 0.4) is 0 Å². The van der Waals surface area contributed by atoms with Crippen molar-refractivity contribution < 1.29 is 22.3 Å². The Hall–Kier alpha value is -3.34. The third-order valence-electron chi connectivity index (χ3n) is 6.39. The van der Waals surface area contributed by atoms with E-state index >= 15 is 0 Å². The van der Waals surface area contributed by atoms with Gasteiger partial charge in [0.15, 0.2) is 23.1 Å². The molecular weight excluding hydrogens is 452 g/mol. The largest absolute Gasteiger partial charge is 0.450 e. The van der Waals surface area contributed by atoms with Crippen molar-refractivity contribution in [3.63, 3.8) is 0 Å². The summed E-state index contributed by atoms with van der Waals surface area (Å²) in [4.78, 5) is 0. The molecule has 0 aliphatic carbocycles. The van der Waals surface area contributed by atoms with E-state index in [4.69, 9.17) is 4.74 Å². The van der Waals surface area contributed by atoms with Crippen LogP contribution in [0.25, 0.3) is 0 Å². The molecular formula is C30H28F4O. The minimum Gasteiger partial charge on any atom is -0.450 e. The summed E-state index contributed by atoms with van der Waals surface area (Å²) in [5, 5.41) is 0. The quantitative estimate of drug-likeness (QED) is 0.173. The number of ether oxygens (including phenoxy) is 1. The van der Waals surface area contributed by atoms with Crippen LogP contribution in [0, 0.1) is 23.3 Å². The highest BCUT2D eigenvalue weighted by molar-refractivity contribution is 5.53. The molecule has 0 amide bonds. The molecule has 35 heavy (non-hydrogen) atoms. The molecule has 0 atom stereocenters. The van der Waals surface area contributed by atoms with Gasteiger partial charge >= 0.3 is 0 Å². The third-order valence-corrected chi connectivity index (χ3v) is 6.39. The van der Waals surface area contributed by atoms with Crippen molar-refractivity contribution in [2.24, 2.45) is 0 Å². The summed E-state index contributed by atoms with van der Waals surface area (Å²) in [5.41, 5.74) is 3.04. The van der Waals surface area contributed by atoms with Gasteiger partial charge in [-0.3, -0.25) is 0 Å². The molecule has 0 saturated carbocycles.